The molecule has 0 bridgehead atoms. The number of aliphatic hydroxyl groups is 4. The number of aliphatic hydroxyl groups excluding tert-OH is 4. The molecule has 0 fully saturated rings. The van der Waals surface area contributed by atoms with E-state index in [-0.39, 0.29) is 11.1 Å². The van der Waals surface area contributed by atoms with Crippen LogP contribution in [0.15, 0.2) is 24.3 Å². The molecule has 0 saturated carbocycles. The van der Waals surface area contributed by atoms with Gasteiger partial charge in [-0.2, -0.15) is 0 Å². The number of carbonyl (C=O) groups excluding carboxylic acids is 2. The first-order chi connectivity index (χ1) is 9.47. The molecule has 0 aliphatic rings. The summed E-state index contributed by atoms with van der Waals surface area (Å²) in [4.78, 5) is 22.9. The molecule has 0 aliphatic carbocycles. The van der Waals surface area contributed by atoms with Crippen molar-refractivity contribution in [3.05, 3.63) is 35.4 Å². The maximum Gasteiger partial charge on any atom is 0.340 e. The van der Waals surface area contributed by atoms with E-state index < -0.39 is 37.7 Å². The van der Waals surface area contributed by atoms with Crippen LogP contribution in [0.2, 0.25) is 0 Å². The van der Waals surface area contributed by atoms with Gasteiger partial charge < -0.3 is 29.9 Å². The fraction of sp³-hybridized carbons (Fsp3) is 0.333. The van der Waals surface area contributed by atoms with Crippen LogP contribution in [0.1, 0.15) is 20.7 Å². The zero-order chi connectivity index (χ0) is 15.1. The van der Waals surface area contributed by atoms with Gasteiger partial charge in [-0.1, -0.05) is 0 Å². The molecule has 8 heteroatoms. The third-order valence-electron chi connectivity index (χ3n) is 2.15. The van der Waals surface area contributed by atoms with Crippen molar-refractivity contribution in [2.24, 2.45) is 0 Å². The lowest BCUT2D eigenvalue weighted by molar-refractivity contribution is -0.0912. The Hall–Kier alpha value is -2.00. The van der Waals surface area contributed by atoms with Gasteiger partial charge in [-0.05, 0) is 24.3 Å². The van der Waals surface area contributed by atoms with Gasteiger partial charge in [0.25, 0.3) is 0 Å². The Morgan fingerprint density at radius 1 is 0.850 bits per heavy atom. The van der Waals surface area contributed by atoms with Crippen molar-refractivity contribution < 1.29 is 39.5 Å². The van der Waals surface area contributed by atoms with Gasteiger partial charge >= 0.3 is 11.9 Å². The van der Waals surface area contributed by atoms with Crippen LogP contribution in [0.25, 0.3) is 0 Å². The van der Waals surface area contributed by atoms with E-state index in [9.17, 15) is 9.59 Å². The topological polar surface area (TPSA) is 134 Å². The van der Waals surface area contributed by atoms with E-state index in [4.69, 9.17) is 20.4 Å². The van der Waals surface area contributed by atoms with Gasteiger partial charge in [0.2, 0.25) is 12.6 Å². The average Bonchev–Trinajstić information content (AvgIpc) is 2.46. The standard InChI is InChI=1S/C12H14O8/c13-5-9(15)19-11(17)7-1-2-8(4-3-7)12(18)20-10(16)6-14/h1-4,9-10,13-16H,5-6H2. The SMILES string of the molecule is O=C(OC(O)CO)c1ccc(C(=O)OC(O)CO)cc1. The summed E-state index contributed by atoms with van der Waals surface area (Å²) >= 11 is 0. The number of hydrogen-bond donors (Lipinski definition) is 4. The highest BCUT2D eigenvalue weighted by atomic mass is 16.6. The van der Waals surface area contributed by atoms with Gasteiger partial charge in [-0.25, -0.2) is 9.59 Å². The molecule has 1 rings (SSSR count). The Morgan fingerprint density at radius 3 is 1.40 bits per heavy atom. The molecule has 0 amide bonds. The molecule has 0 spiro atoms. The summed E-state index contributed by atoms with van der Waals surface area (Å²) < 4.78 is 8.89. The predicted molar refractivity (Wildman–Crippen MR) is 63.5 cm³/mol. The minimum Gasteiger partial charge on any atom is -0.430 e. The minimum atomic E-state index is -1.62. The van der Waals surface area contributed by atoms with Crippen molar-refractivity contribution in [1.29, 1.82) is 0 Å². The maximum absolute atomic E-state index is 11.4. The second kappa shape index (κ2) is 7.56. The van der Waals surface area contributed by atoms with Crippen LogP contribution < -0.4 is 0 Å². The smallest absolute Gasteiger partial charge is 0.340 e. The number of benzene rings is 1. The first-order valence-electron chi connectivity index (χ1n) is 5.57. The van der Waals surface area contributed by atoms with Gasteiger partial charge in [0.05, 0.1) is 11.1 Å². The molecule has 1 aromatic rings. The lowest BCUT2D eigenvalue weighted by Crippen LogP contribution is -2.22. The summed E-state index contributed by atoms with van der Waals surface area (Å²) in [5, 5.41) is 34.9. The molecule has 8 nitrogen and oxygen atoms in total. The second-order valence-corrected chi connectivity index (χ2v) is 3.66. The molecule has 2 unspecified atom stereocenters. The Kier molecular flexibility index (Phi) is 6.07. The molecule has 0 aromatic heterocycles. The van der Waals surface area contributed by atoms with Crippen LogP contribution in [0.4, 0.5) is 0 Å². The van der Waals surface area contributed by atoms with E-state index >= 15 is 0 Å². The van der Waals surface area contributed by atoms with Crippen molar-refractivity contribution >= 4 is 11.9 Å². The van der Waals surface area contributed by atoms with Crippen LogP contribution in [-0.2, 0) is 9.47 Å². The fourth-order valence-electron chi connectivity index (χ4n) is 1.20. The molecule has 1 aromatic carbocycles. The van der Waals surface area contributed by atoms with Crippen molar-refractivity contribution in [2.45, 2.75) is 12.6 Å². The van der Waals surface area contributed by atoms with E-state index in [0.717, 1.165) is 0 Å². The second-order valence-electron chi connectivity index (χ2n) is 3.66. The molecule has 2 atom stereocenters. The number of ether oxygens (including phenoxy) is 2. The molecular weight excluding hydrogens is 272 g/mol. The Labute approximate surface area is 113 Å². The Balaban J connectivity index is 2.68. The number of esters is 2. The van der Waals surface area contributed by atoms with Gasteiger partial charge in [-0.3, -0.25) is 0 Å². The Morgan fingerprint density at radius 2 is 1.15 bits per heavy atom. The lowest BCUT2D eigenvalue weighted by Gasteiger charge is -2.10. The summed E-state index contributed by atoms with van der Waals surface area (Å²) in [6.07, 6.45) is -3.24. The highest BCUT2D eigenvalue weighted by Gasteiger charge is 2.15. The maximum atomic E-state index is 11.4. The van der Waals surface area contributed by atoms with Gasteiger partial charge in [-0.15, -0.1) is 0 Å². The molecule has 4 N–H and O–H groups in total. The molecule has 110 valence electrons. The van der Waals surface area contributed by atoms with Crippen LogP contribution in [0, 0.1) is 0 Å². The molecular formula is C12H14O8. The van der Waals surface area contributed by atoms with E-state index in [1.807, 2.05) is 0 Å². The van der Waals surface area contributed by atoms with Crippen LogP contribution in [-0.4, -0.2) is 58.2 Å². The normalized spacial score (nSPS) is 13.4. The summed E-state index contributed by atoms with van der Waals surface area (Å²) in [7, 11) is 0. The van der Waals surface area contributed by atoms with E-state index in [1.165, 1.54) is 24.3 Å². The average molecular weight is 286 g/mol. The van der Waals surface area contributed by atoms with Crippen molar-refractivity contribution in [3.63, 3.8) is 0 Å². The first kappa shape index (κ1) is 16.1. The number of carbonyl (C=O) groups is 2. The van der Waals surface area contributed by atoms with Gasteiger partial charge in [0.15, 0.2) is 0 Å². The van der Waals surface area contributed by atoms with E-state index in [2.05, 4.69) is 9.47 Å². The monoisotopic (exact) mass is 286 g/mol. The third kappa shape index (κ3) is 4.59. The zero-order valence-electron chi connectivity index (χ0n) is 10.3. The molecule has 0 aliphatic heterocycles. The highest BCUT2D eigenvalue weighted by Crippen LogP contribution is 2.09. The fourth-order valence-corrected chi connectivity index (χ4v) is 1.20. The highest BCUT2D eigenvalue weighted by molar-refractivity contribution is 5.93. The zero-order valence-corrected chi connectivity index (χ0v) is 10.3. The quantitative estimate of drug-likeness (QED) is 0.371. The predicted octanol–water partition coefficient (Wildman–Crippen LogP) is -1.38. The summed E-state index contributed by atoms with van der Waals surface area (Å²) in [6.45, 7) is -1.45. The number of rotatable bonds is 6. The summed E-state index contributed by atoms with van der Waals surface area (Å²) in [6, 6.07) is 4.98. The first-order valence-corrected chi connectivity index (χ1v) is 5.57. The Bertz CT molecular complexity index is 412. The minimum absolute atomic E-state index is 0.0526. The van der Waals surface area contributed by atoms with Crippen LogP contribution >= 0.6 is 0 Å². The van der Waals surface area contributed by atoms with E-state index in [1.54, 1.807) is 0 Å². The van der Waals surface area contributed by atoms with Crippen molar-refractivity contribution in [2.75, 3.05) is 13.2 Å². The molecule has 0 heterocycles. The van der Waals surface area contributed by atoms with Gasteiger partial charge in [0, 0.05) is 0 Å². The van der Waals surface area contributed by atoms with Gasteiger partial charge in [0.1, 0.15) is 13.2 Å². The third-order valence-corrected chi connectivity index (χ3v) is 2.15. The van der Waals surface area contributed by atoms with Crippen molar-refractivity contribution in [1.82, 2.24) is 0 Å². The summed E-state index contributed by atoms with van der Waals surface area (Å²) in [5.41, 5.74) is 0.105. The molecule has 20 heavy (non-hydrogen) atoms. The van der Waals surface area contributed by atoms with Crippen molar-refractivity contribution in [3.8, 4) is 0 Å². The summed E-state index contributed by atoms with van der Waals surface area (Å²) in [5.74, 6) is -1.75. The largest absolute Gasteiger partial charge is 0.430 e. The van der Waals surface area contributed by atoms with Crippen LogP contribution in [0.3, 0.4) is 0 Å². The lowest BCUT2D eigenvalue weighted by atomic mass is 10.1. The number of hydrogen-bond acceptors (Lipinski definition) is 8. The molecule has 0 saturated heterocycles. The molecule has 0 radical (unpaired) electrons. The van der Waals surface area contributed by atoms with E-state index in [0.29, 0.717) is 0 Å². The van der Waals surface area contributed by atoms with Crippen LogP contribution in [0.5, 0.6) is 0 Å².